The van der Waals surface area contributed by atoms with Gasteiger partial charge in [-0.05, 0) is 42.5 Å². The van der Waals surface area contributed by atoms with E-state index in [0.29, 0.717) is 12.2 Å². The lowest BCUT2D eigenvalue weighted by Crippen LogP contribution is -2.24. The van der Waals surface area contributed by atoms with E-state index in [2.05, 4.69) is 15.6 Å². The van der Waals surface area contributed by atoms with Gasteiger partial charge in [-0.3, -0.25) is 9.78 Å². The van der Waals surface area contributed by atoms with Gasteiger partial charge in [-0.15, -0.1) is 0 Å². The molecule has 0 fully saturated rings. The number of amides is 1. The molecule has 0 radical (unpaired) electrons. The zero-order valence-electron chi connectivity index (χ0n) is 15.2. The Balaban J connectivity index is 1.66. The number of carbonyl (C=O) groups is 1. The van der Waals surface area contributed by atoms with Crippen molar-refractivity contribution in [2.75, 3.05) is 19.5 Å². The van der Waals surface area contributed by atoms with Gasteiger partial charge in [0.15, 0.2) is 0 Å². The Morgan fingerprint density at radius 2 is 1.74 bits per heavy atom. The van der Waals surface area contributed by atoms with Crippen LogP contribution >= 0.6 is 0 Å². The van der Waals surface area contributed by atoms with Crippen LogP contribution < -0.4 is 20.1 Å². The molecule has 2 aromatic carbocycles. The molecule has 3 aromatic rings. The summed E-state index contributed by atoms with van der Waals surface area (Å²) in [7, 11) is 3.23. The van der Waals surface area contributed by atoms with Crippen LogP contribution in [0.2, 0.25) is 0 Å². The van der Waals surface area contributed by atoms with Crippen molar-refractivity contribution in [2.24, 2.45) is 0 Å². The molecule has 1 amide bonds. The highest BCUT2D eigenvalue weighted by atomic mass is 16.5. The molecule has 138 valence electrons. The molecule has 0 saturated carbocycles. The van der Waals surface area contributed by atoms with Crippen molar-refractivity contribution in [1.82, 2.24) is 10.3 Å². The molecule has 0 saturated heterocycles. The van der Waals surface area contributed by atoms with Gasteiger partial charge in [-0.25, -0.2) is 0 Å². The van der Waals surface area contributed by atoms with E-state index in [1.807, 2.05) is 48.5 Å². The minimum absolute atomic E-state index is 0.251. The summed E-state index contributed by atoms with van der Waals surface area (Å²) in [5.74, 6) is 1.27. The van der Waals surface area contributed by atoms with Crippen LogP contribution in [-0.2, 0) is 6.54 Å². The number of para-hydroxylation sites is 1. The molecule has 0 aliphatic carbocycles. The lowest BCUT2D eigenvalue weighted by Gasteiger charge is -2.11. The van der Waals surface area contributed by atoms with Crippen molar-refractivity contribution < 1.29 is 14.3 Å². The fraction of sp³-hybridized carbons (Fsp3) is 0.143. The van der Waals surface area contributed by atoms with E-state index in [-0.39, 0.29) is 5.91 Å². The Bertz CT molecular complexity index is 911. The molecule has 0 spiro atoms. The lowest BCUT2D eigenvalue weighted by atomic mass is 10.2. The summed E-state index contributed by atoms with van der Waals surface area (Å²) >= 11 is 0. The first-order valence-electron chi connectivity index (χ1n) is 8.47. The SMILES string of the molecule is COc1ccc(Nc2ccnc(C(=O)NCc3ccccc3OC)c2)cc1. The van der Waals surface area contributed by atoms with Crippen LogP contribution in [0.25, 0.3) is 0 Å². The van der Waals surface area contributed by atoms with E-state index in [1.54, 1.807) is 32.5 Å². The highest BCUT2D eigenvalue weighted by Crippen LogP contribution is 2.20. The predicted octanol–water partition coefficient (Wildman–Crippen LogP) is 3.77. The summed E-state index contributed by atoms with van der Waals surface area (Å²) in [6.45, 7) is 0.362. The molecule has 0 atom stereocenters. The number of rotatable bonds is 7. The summed E-state index contributed by atoms with van der Waals surface area (Å²) in [5.41, 5.74) is 2.91. The molecule has 6 heteroatoms. The molecule has 0 aliphatic heterocycles. The van der Waals surface area contributed by atoms with Crippen molar-refractivity contribution in [1.29, 1.82) is 0 Å². The summed E-state index contributed by atoms with van der Waals surface area (Å²) in [6.07, 6.45) is 1.60. The third-order valence-corrected chi connectivity index (χ3v) is 4.00. The number of pyridine rings is 1. The minimum atomic E-state index is -0.251. The van der Waals surface area contributed by atoms with Crippen LogP contribution in [0.5, 0.6) is 11.5 Å². The van der Waals surface area contributed by atoms with Crippen LogP contribution in [0.1, 0.15) is 16.1 Å². The van der Waals surface area contributed by atoms with Crippen molar-refractivity contribution in [2.45, 2.75) is 6.54 Å². The van der Waals surface area contributed by atoms with E-state index < -0.39 is 0 Å². The second-order valence-electron chi connectivity index (χ2n) is 5.78. The summed E-state index contributed by atoms with van der Waals surface area (Å²) in [6, 6.07) is 18.6. The van der Waals surface area contributed by atoms with E-state index >= 15 is 0 Å². The smallest absolute Gasteiger partial charge is 0.270 e. The number of methoxy groups -OCH3 is 2. The van der Waals surface area contributed by atoms with Gasteiger partial charge in [0.25, 0.3) is 5.91 Å². The van der Waals surface area contributed by atoms with Crippen LogP contribution in [-0.4, -0.2) is 25.1 Å². The van der Waals surface area contributed by atoms with Gasteiger partial charge in [0.05, 0.1) is 14.2 Å². The maximum Gasteiger partial charge on any atom is 0.270 e. The van der Waals surface area contributed by atoms with E-state index in [4.69, 9.17) is 9.47 Å². The standard InChI is InChI=1S/C21H21N3O3/c1-26-18-9-7-16(8-10-18)24-17-11-12-22-19(13-17)21(25)23-14-15-5-3-4-6-20(15)27-2/h3-13H,14H2,1-2H3,(H,22,24)(H,23,25). The zero-order chi connectivity index (χ0) is 19.1. The van der Waals surface area contributed by atoms with Gasteiger partial charge in [-0.1, -0.05) is 18.2 Å². The van der Waals surface area contributed by atoms with Gasteiger partial charge in [0, 0.05) is 29.7 Å². The fourth-order valence-electron chi connectivity index (χ4n) is 2.59. The number of benzene rings is 2. The summed E-state index contributed by atoms with van der Waals surface area (Å²) in [4.78, 5) is 16.6. The van der Waals surface area contributed by atoms with E-state index in [1.165, 1.54) is 0 Å². The molecule has 3 rings (SSSR count). The van der Waals surface area contributed by atoms with Crippen molar-refractivity contribution in [3.63, 3.8) is 0 Å². The van der Waals surface area contributed by atoms with Crippen LogP contribution in [0.3, 0.4) is 0 Å². The van der Waals surface area contributed by atoms with Crippen LogP contribution in [0.15, 0.2) is 66.9 Å². The molecule has 6 nitrogen and oxygen atoms in total. The second-order valence-corrected chi connectivity index (χ2v) is 5.78. The molecular formula is C21H21N3O3. The Hall–Kier alpha value is -3.54. The maximum atomic E-state index is 12.4. The average Bonchev–Trinajstić information content (AvgIpc) is 2.73. The first kappa shape index (κ1) is 18.3. The quantitative estimate of drug-likeness (QED) is 0.668. The number of ether oxygens (including phenoxy) is 2. The van der Waals surface area contributed by atoms with Crippen molar-refractivity contribution >= 4 is 17.3 Å². The van der Waals surface area contributed by atoms with Gasteiger partial charge < -0.3 is 20.1 Å². The topological polar surface area (TPSA) is 72.5 Å². The van der Waals surface area contributed by atoms with Gasteiger partial charge in [0.1, 0.15) is 17.2 Å². The molecule has 0 unspecified atom stereocenters. The summed E-state index contributed by atoms with van der Waals surface area (Å²) in [5, 5.41) is 6.12. The zero-order valence-corrected chi connectivity index (χ0v) is 15.2. The first-order valence-corrected chi connectivity index (χ1v) is 8.47. The van der Waals surface area contributed by atoms with Crippen molar-refractivity contribution in [3.8, 4) is 11.5 Å². The van der Waals surface area contributed by atoms with E-state index in [9.17, 15) is 4.79 Å². The highest BCUT2D eigenvalue weighted by Gasteiger charge is 2.10. The molecule has 1 aromatic heterocycles. The van der Waals surface area contributed by atoms with Gasteiger partial charge >= 0.3 is 0 Å². The Morgan fingerprint density at radius 3 is 2.48 bits per heavy atom. The second kappa shape index (κ2) is 8.71. The minimum Gasteiger partial charge on any atom is -0.497 e. The van der Waals surface area contributed by atoms with Gasteiger partial charge in [-0.2, -0.15) is 0 Å². The molecule has 1 heterocycles. The number of hydrogen-bond acceptors (Lipinski definition) is 5. The fourth-order valence-corrected chi connectivity index (χ4v) is 2.59. The number of anilines is 2. The van der Waals surface area contributed by atoms with Crippen molar-refractivity contribution in [3.05, 3.63) is 78.1 Å². The number of hydrogen-bond donors (Lipinski definition) is 2. The molecule has 27 heavy (non-hydrogen) atoms. The van der Waals surface area contributed by atoms with Crippen LogP contribution in [0.4, 0.5) is 11.4 Å². The molecule has 0 aliphatic rings. The largest absolute Gasteiger partial charge is 0.497 e. The predicted molar refractivity (Wildman–Crippen MR) is 105 cm³/mol. The number of nitrogens with zero attached hydrogens (tertiary/aromatic N) is 1. The lowest BCUT2D eigenvalue weighted by molar-refractivity contribution is 0.0945. The molecule has 0 bridgehead atoms. The number of aromatic nitrogens is 1. The molecule has 2 N–H and O–H groups in total. The maximum absolute atomic E-state index is 12.4. The van der Waals surface area contributed by atoms with Gasteiger partial charge in [0.2, 0.25) is 0 Å². The number of carbonyl (C=O) groups excluding carboxylic acids is 1. The summed E-state index contributed by atoms with van der Waals surface area (Å²) < 4.78 is 10.4. The van der Waals surface area contributed by atoms with E-state index in [0.717, 1.165) is 28.4 Å². The first-order chi connectivity index (χ1) is 13.2. The third kappa shape index (κ3) is 4.76. The Kier molecular flexibility index (Phi) is 5.89. The number of nitrogens with one attached hydrogen (secondary N) is 2. The Morgan fingerprint density at radius 1 is 0.963 bits per heavy atom. The highest BCUT2D eigenvalue weighted by molar-refractivity contribution is 5.93. The third-order valence-electron chi connectivity index (χ3n) is 4.00. The average molecular weight is 363 g/mol. The Labute approximate surface area is 158 Å². The monoisotopic (exact) mass is 363 g/mol. The normalized spacial score (nSPS) is 10.1. The molecular weight excluding hydrogens is 342 g/mol. The van der Waals surface area contributed by atoms with Crippen LogP contribution in [0, 0.1) is 0 Å².